The van der Waals surface area contributed by atoms with Gasteiger partial charge < -0.3 is 21.3 Å². The summed E-state index contributed by atoms with van der Waals surface area (Å²) in [6.45, 7) is 0.769. The summed E-state index contributed by atoms with van der Waals surface area (Å²) in [5, 5.41) is 31.6. The summed E-state index contributed by atoms with van der Waals surface area (Å²) >= 11 is 0. The van der Waals surface area contributed by atoms with E-state index >= 15 is 0 Å². The molecule has 0 amide bonds. The molecule has 1 rings (SSSR count). The maximum atomic E-state index is 10.7. The topological polar surface area (TPSA) is 147 Å². The lowest BCUT2D eigenvalue weighted by Crippen LogP contribution is -2.37. The maximum absolute atomic E-state index is 10.7. The molecule has 1 aromatic rings. The van der Waals surface area contributed by atoms with E-state index in [0.29, 0.717) is 0 Å². The number of hydrogen-bond donors (Lipinski definition) is 4. The molecule has 0 saturated heterocycles. The first-order valence-corrected chi connectivity index (χ1v) is 4.70. The van der Waals surface area contributed by atoms with Crippen LogP contribution in [-0.4, -0.2) is 43.9 Å². The van der Waals surface area contributed by atoms with Crippen molar-refractivity contribution in [3.8, 4) is 0 Å². The summed E-state index contributed by atoms with van der Waals surface area (Å²) in [6.07, 6.45) is 0.971. The lowest BCUT2D eigenvalue weighted by atomic mass is 10.1. The molecule has 1 unspecified atom stereocenters. The molecule has 0 spiro atoms. The lowest BCUT2D eigenvalue weighted by molar-refractivity contribution is -0.384. The summed E-state index contributed by atoms with van der Waals surface area (Å²) in [4.78, 5) is 17.1. The van der Waals surface area contributed by atoms with Crippen molar-refractivity contribution < 1.29 is 15.1 Å². The van der Waals surface area contributed by atoms with Gasteiger partial charge in [0.05, 0.1) is 11.5 Å². The van der Waals surface area contributed by atoms with E-state index in [0.717, 1.165) is 6.20 Å². The number of nitrogens with one attached hydrogen (secondary N) is 1. The standard InChI is InChI=1S/C8H13N5O4/c1-8(15,4-14)3-11-6-5(13(16)17)2-10-7(9)12-6/h2,14-15H,3-4H2,1H3,(H3,9,10,11,12). The Labute approximate surface area is 96.5 Å². The summed E-state index contributed by atoms with van der Waals surface area (Å²) in [5.41, 5.74) is 3.54. The molecule has 1 heterocycles. The van der Waals surface area contributed by atoms with Crippen LogP contribution in [-0.2, 0) is 0 Å². The third-order valence-corrected chi connectivity index (χ3v) is 1.96. The Balaban J connectivity index is 2.89. The molecule has 0 aromatic carbocycles. The van der Waals surface area contributed by atoms with Gasteiger partial charge in [-0.05, 0) is 6.92 Å². The second kappa shape index (κ2) is 4.89. The van der Waals surface area contributed by atoms with Gasteiger partial charge >= 0.3 is 5.69 Å². The van der Waals surface area contributed by atoms with Gasteiger partial charge in [0.1, 0.15) is 11.8 Å². The summed E-state index contributed by atoms with van der Waals surface area (Å²) in [7, 11) is 0. The van der Waals surface area contributed by atoms with Gasteiger partial charge in [-0.25, -0.2) is 4.98 Å². The minimum absolute atomic E-state index is 0.101. The van der Waals surface area contributed by atoms with Crippen LogP contribution >= 0.6 is 0 Å². The van der Waals surface area contributed by atoms with Gasteiger partial charge in [0.2, 0.25) is 11.8 Å². The molecule has 17 heavy (non-hydrogen) atoms. The number of aliphatic hydroxyl groups excluding tert-OH is 1. The van der Waals surface area contributed by atoms with Crippen molar-refractivity contribution in [1.82, 2.24) is 9.97 Å². The molecule has 9 heteroatoms. The molecule has 1 aromatic heterocycles. The molecule has 0 bridgehead atoms. The number of aliphatic hydroxyl groups is 2. The molecular formula is C8H13N5O4. The van der Waals surface area contributed by atoms with Crippen molar-refractivity contribution in [2.75, 3.05) is 24.2 Å². The third-order valence-electron chi connectivity index (χ3n) is 1.96. The fourth-order valence-electron chi connectivity index (χ4n) is 0.983. The number of nitrogens with two attached hydrogens (primary N) is 1. The van der Waals surface area contributed by atoms with Crippen LogP contribution < -0.4 is 11.1 Å². The predicted octanol–water partition coefficient (Wildman–Crippen LogP) is -0.878. The van der Waals surface area contributed by atoms with Crippen LogP contribution in [0, 0.1) is 10.1 Å². The van der Waals surface area contributed by atoms with Crippen LogP contribution in [0.3, 0.4) is 0 Å². The van der Waals surface area contributed by atoms with E-state index in [1.165, 1.54) is 6.92 Å². The zero-order chi connectivity index (χ0) is 13.1. The average molecular weight is 243 g/mol. The number of nitrogens with zero attached hydrogens (tertiary/aromatic N) is 3. The number of rotatable bonds is 5. The Bertz CT molecular complexity index is 422. The Morgan fingerprint density at radius 2 is 2.35 bits per heavy atom. The fourth-order valence-corrected chi connectivity index (χ4v) is 0.983. The van der Waals surface area contributed by atoms with E-state index in [9.17, 15) is 15.2 Å². The number of nitro groups is 1. The Morgan fingerprint density at radius 3 is 2.88 bits per heavy atom. The highest BCUT2D eigenvalue weighted by Gasteiger charge is 2.22. The average Bonchev–Trinajstić information content (AvgIpc) is 2.26. The Kier molecular flexibility index (Phi) is 3.76. The molecule has 0 fully saturated rings. The van der Waals surface area contributed by atoms with Crippen molar-refractivity contribution in [2.45, 2.75) is 12.5 Å². The number of anilines is 2. The third kappa shape index (κ3) is 3.50. The SMILES string of the molecule is CC(O)(CO)CNc1nc(N)ncc1[N+](=O)[O-]. The first kappa shape index (κ1) is 13.1. The van der Waals surface area contributed by atoms with E-state index in [1.807, 2.05) is 0 Å². The lowest BCUT2D eigenvalue weighted by Gasteiger charge is -2.20. The van der Waals surface area contributed by atoms with Crippen LogP contribution in [0.25, 0.3) is 0 Å². The highest BCUT2D eigenvalue weighted by atomic mass is 16.6. The maximum Gasteiger partial charge on any atom is 0.329 e. The largest absolute Gasteiger partial charge is 0.393 e. The number of nitrogen functional groups attached to an aromatic ring is 1. The molecule has 0 aliphatic rings. The minimum Gasteiger partial charge on any atom is -0.393 e. The highest BCUT2D eigenvalue weighted by Crippen LogP contribution is 2.21. The second-order valence-electron chi connectivity index (χ2n) is 3.73. The van der Waals surface area contributed by atoms with Gasteiger partial charge in [0.25, 0.3) is 0 Å². The Morgan fingerprint density at radius 1 is 1.71 bits per heavy atom. The first-order chi connectivity index (χ1) is 7.85. The molecule has 5 N–H and O–H groups in total. The van der Waals surface area contributed by atoms with E-state index in [-0.39, 0.29) is 24.0 Å². The molecule has 94 valence electrons. The van der Waals surface area contributed by atoms with Gasteiger partial charge in [0, 0.05) is 6.54 Å². The molecule has 0 radical (unpaired) electrons. The van der Waals surface area contributed by atoms with Crippen LogP contribution in [0.15, 0.2) is 6.20 Å². The van der Waals surface area contributed by atoms with Crippen molar-refractivity contribution in [2.24, 2.45) is 0 Å². The van der Waals surface area contributed by atoms with Crippen molar-refractivity contribution in [1.29, 1.82) is 0 Å². The smallest absolute Gasteiger partial charge is 0.329 e. The summed E-state index contributed by atoms with van der Waals surface area (Å²) in [5.74, 6) is -0.224. The number of hydrogen-bond acceptors (Lipinski definition) is 8. The molecule has 0 aliphatic carbocycles. The molecule has 1 atom stereocenters. The predicted molar refractivity (Wildman–Crippen MR) is 59.3 cm³/mol. The minimum atomic E-state index is -1.41. The van der Waals surface area contributed by atoms with E-state index in [1.54, 1.807) is 0 Å². The van der Waals surface area contributed by atoms with Crippen molar-refractivity contribution in [3.05, 3.63) is 16.3 Å². The van der Waals surface area contributed by atoms with E-state index in [4.69, 9.17) is 10.8 Å². The van der Waals surface area contributed by atoms with Gasteiger partial charge in [-0.1, -0.05) is 0 Å². The highest BCUT2D eigenvalue weighted by molar-refractivity contribution is 5.56. The van der Waals surface area contributed by atoms with Crippen LogP contribution in [0.4, 0.5) is 17.5 Å². The normalized spacial score (nSPS) is 14.1. The molecule has 0 aliphatic heterocycles. The van der Waals surface area contributed by atoms with Gasteiger partial charge in [0.15, 0.2) is 0 Å². The quantitative estimate of drug-likeness (QED) is 0.385. The molecule has 0 saturated carbocycles. The number of aromatic nitrogens is 2. The van der Waals surface area contributed by atoms with E-state index < -0.39 is 17.1 Å². The zero-order valence-corrected chi connectivity index (χ0v) is 9.12. The first-order valence-electron chi connectivity index (χ1n) is 4.70. The Hall–Kier alpha value is -2.00. The monoisotopic (exact) mass is 243 g/mol. The molecular weight excluding hydrogens is 230 g/mol. The van der Waals surface area contributed by atoms with Crippen molar-refractivity contribution >= 4 is 17.5 Å². The van der Waals surface area contributed by atoms with Crippen molar-refractivity contribution in [3.63, 3.8) is 0 Å². The van der Waals surface area contributed by atoms with Crippen LogP contribution in [0.2, 0.25) is 0 Å². The second-order valence-corrected chi connectivity index (χ2v) is 3.73. The van der Waals surface area contributed by atoms with Crippen LogP contribution in [0.5, 0.6) is 0 Å². The summed E-state index contributed by atoms with van der Waals surface area (Å²) in [6, 6.07) is 0. The van der Waals surface area contributed by atoms with Crippen LogP contribution in [0.1, 0.15) is 6.92 Å². The zero-order valence-electron chi connectivity index (χ0n) is 9.12. The molecule has 9 nitrogen and oxygen atoms in total. The van der Waals surface area contributed by atoms with Gasteiger partial charge in [-0.3, -0.25) is 10.1 Å². The van der Waals surface area contributed by atoms with E-state index in [2.05, 4.69) is 15.3 Å². The van der Waals surface area contributed by atoms with Gasteiger partial charge in [-0.2, -0.15) is 4.98 Å². The summed E-state index contributed by atoms with van der Waals surface area (Å²) < 4.78 is 0. The van der Waals surface area contributed by atoms with Gasteiger partial charge in [-0.15, -0.1) is 0 Å². The fraction of sp³-hybridized carbons (Fsp3) is 0.500.